The molecule has 0 spiro atoms. The lowest BCUT2D eigenvalue weighted by molar-refractivity contribution is 0.203. The minimum atomic E-state index is -0.192. The van der Waals surface area contributed by atoms with Crippen LogP contribution in [0.15, 0.2) is 84.9 Å². The third-order valence-corrected chi connectivity index (χ3v) is 6.28. The summed E-state index contributed by atoms with van der Waals surface area (Å²) in [7, 11) is 0. The van der Waals surface area contributed by atoms with Gasteiger partial charge in [-0.3, -0.25) is 4.90 Å². The van der Waals surface area contributed by atoms with Crippen LogP contribution in [0.1, 0.15) is 36.0 Å². The van der Waals surface area contributed by atoms with E-state index in [9.17, 15) is 4.39 Å². The standard InChI is InChI=1S/C27H26FNO/c28-27-17-25(30-19-21-9-5-2-6-10-21)13-14-26(27)22-15-23-11-12-24(16-22)29(23)18-20-7-3-1-4-8-20/h1-10,13-15,17,23-24H,11-12,16,18-19H2. The molecular formula is C27H26FNO. The number of hydrogen-bond donors (Lipinski definition) is 0. The van der Waals surface area contributed by atoms with Crippen molar-refractivity contribution < 1.29 is 9.13 Å². The highest BCUT2D eigenvalue weighted by Crippen LogP contribution is 2.40. The van der Waals surface area contributed by atoms with Gasteiger partial charge in [0.15, 0.2) is 0 Å². The average Bonchev–Trinajstić information content (AvgIpc) is 3.01. The van der Waals surface area contributed by atoms with Gasteiger partial charge in [-0.15, -0.1) is 0 Å². The Balaban J connectivity index is 1.29. The maximum absolute atomic E-state index is 14.9. The highest BCUT2D eigenvalue weighted by atomic mass is 19.1. The van der Waals surface area contributed by atoms with E-state index in [1.165, 1.54) is 18.1 Å². The molecule has 2 aliphatic heterocycles. The topological polar surface area (TPSA) is 12.5 Å². The lowest BCUT2D eigenvalue weighted by atomic mass is 9.94. The van der Waals surface area contributed by atoms with Gasteiger partial charge in [0.1, 0.15) is 18.2 Å². The van der Waals surface area contributed by atoms with Gasteiger partial charge in [0.2, 0.25) is 0 Å². The molecule has 0 N–H and O–H groups in total. The largest absolute Gasteiger partial charge is 0.489 e. The lowest BCUT2D eigenvalue weighted by Gasteiger charge is -2.34. The summed E-state index contributed by atoms with van der Waals surface area (Å²) in [4.78, 5) is 2.58. The van der Waals surface area contributed by atoms with Crippen LogP contribution in [-0.4, -0.2) is 17.0 Å². The van der Waals surface area contributed by atoms with Gasteiger partial charge in [-0.05, 0) is 48.1 Å². The molecule has 2 atom stereocenters. The zero-order valence-corrected chi connectivity index (χ0v) is 17.0. The molecule has 0 amide bonds. The molecule has 3 aromatic rings. The Morgan fingerprint density at radius 1 is 0.867 bits per heavy atom. The van der Waals surface area contributed by atoms with Crippen LogP contribution in [0.3, 0.4) is 0 Å². The summed E-state index contributed by atoms with van der Waals surface area (Å²) >= 11 is 0. The molecule has 2 bridgehead atoms. The molecule has 152 valence electrons. The van der Waals surface area contributed by atoms with Crippen LogP contribution in [0, 0.1) is 5.82 Å². The van der Waals surface area contributed by atoms with E-state index in [2.05, 4.69) is 41.3 Å². The Morgan fingerprint density at radius 2 is 1.60 bits per heavy atom. The van der Waals surface area contributed by atoms with E-state index in [4.69, 9.17) is 4.74 Å². The van der Waals surface area contributed by atoms with Gasteiger partial charge in [-0.25, -0.2) is 4.39 Å². The van der Waals surface area contributed by atoms with Crippen LogP contribution in [0.4, 0.5) is 4.39 Å². The molecule has 2 nitrogen and oxygen atoms in total. The van der Waals surface area contributed by atoms with E-state index in [0.717, 1.165) is 36.1 Å². The summed E-state index contributed by atoms with van der Waals surface area (Å²) < 4.78 is 20.7. The van der Waals surface area contributed by atoms with Crippen LogP contribution >= 0.6 is 0 Å². The smallest absolute Gasteiger partial charge is 0.134 e. The summed E-state index contributed by atoms with van der Waals surface area (Å²) in [6, 6.07) is 26.8. The van der Waals surface area contributed by atoms with Crippen molar-refractivity contribution in [3.05, 3.63) is 107 Å². The number of ether oxygens (including phenoxy) is 1. The van der Waals surface area contributed by atoms with E-state index in [1.807, 2.05) is 42.5 Å². The SMILES string of the molecule is Fc1cc(OCc2ccccc2)ccc1C1=CC2CCC(C1)N2Cc1ccccc1. The molecule has 0 aromatic heterocycles. The van der Waals surface area contributed by atoms with Crippen molar-refractivity contribution in [3.8, 4) is 5.75 Å². The van der Waals surface area contributed by atoms with Gasteiger partial charge in [0.05, 0.1) is 0 Å². The summed E-state index contributed by atoms with van der Waals surface area (Å²) in [6.07, 6.45) is 5.53. The van der Waals surface area contributed by atoms with Crippen molar-refractivity contribution >= 4 is 5.57 Å². The summed E-state index contributed by atoms with van der Waals surface area (Å²) in [6.45, 7) is 1.41. The van der Waals surface area contributed by atoms with Crippen LogP contribution in [0.25, 0.3) is 5.57 Å². The molecular weight excluding hydrogens is 373 g/mol. The van der Waals surface area contributed by atoms with Crippen molar-refractivity contribution in [2.75, 3.05) is 0 Å². The maximum Gasteiger partial charge on any atom is 0.134 e. The van der Waals surface area contributed by atoms with Gasteiger partial charge in [-0.1, -0.05) is 66.7 Å². The predicted molar refractivity (Wildman–Crippen MR) is 119 cm³/mol. The first-order valence-electron chi connectivity index (χ1n) is 10.7. The predicted octanol–water partition coefficient (Wildman–Crippen LogP) is 6.23. The molecule has 1 saturated heterocycles. The van der Waals surface area contributed by atoms with Gasteiger partial charge in [-0.2, -0.15) is 0 Å². The minimum absolute atomic E-state index is 0.192. The number of fused-ring (bicyclic) bond motifs is 2. The molecule has 3 heteroatoms. The normalized spacial score (nSPS) is 20.8. The first kappa shape index (κ1) is 19.1. The first-order valence-corrected chi connectivity index (χ1v) is 10.7. The first-order chi connectivity index (χ1) is 14.8. The van der Waals surface area contributed by atoms with Gasteiger partial charge in [0, 0.05) is 30.3 Å². The third-order valence-electron chi connectivity index (χ3n) is 6.28. The van der Waals surface area contributed by atoms with Crippen molar-refractivity contribution in [2.45, 2.75) is 44.5 Å². The average molecular weight is 400 g/mol. The molecule has 0 radical (unpaired) electrons. The molecule has 2 aliphatic rings. The molecule has 2 heterocycles. The molecule has 0 saturated carbocycles. The van der Waals surface area contributed by atoms with Crippen molar-refractivity contribution in [1.29, 1.82) is 0 Å². The second-order valence-corrected chi connectivity index (χ2v) is 8.27. The second-order valence-electron chi connectivity index (χ2n) is 8.27. The van der Waals surface area contributed by atoms with Crippen LogP contribution in [-0.2, 0) is 13.2 Å². The molecule has 5 rings (SSSR count). The Morgan fingerprint density at radius 3 is 2.30 bits per heavy atom. The molecule has 3 aromatic carbocycles. The Hall–Kier alpha value is -2.91. The molecule has 0 aliphatic carbocycles. The second kappa shape index (κ2) is 8.45. The fraction of sp³-hybridized carbons (Fsp3) is 0.259. The zero-order valence-electron chi connectivity index (χ0n) is 17.0. The summed E-state index contributed by atoms with van der Waals surface area (Å²) in [5.74, 6) is 0.382. The van der Waals surface area contributed by atoms with Crippen LogP contribution in [0.2, 0.25) is 0 Å². The molecule has 2 unspecified atom stereocenters. The van der Waals surface area contributed by atoms with Gasteiger partial charge >= 0.3 is 0 Å². The van der Waals surface area contributed by atoms with E-state index in [-0.39, 0.29) is 5.82 Å². The number of rotatable bonds is 6. The fourth-order valence-corrected chi connectivity index (χ4v) is 4.75. The maximum atomic E-state index is 14.9. The fourth-order valence-electron chi connectivity index (χ4n) is 4.75. The quantitative estimate of drug-likeness (QED) is 0.487. The van der Waals surface area contributed by atoms with E-state index in [1.54, 1.807) is 0 Å². The van der Waals surface area contributed by atoms with Crippen LogP contribution < -0.4 is 4.74 Å². The molecule has 30 heavy (non-hydrogen) atoms. The minimum Gasteiger partial charge on any atom is -0.489 e. The number of benzene rings is 3. The highest BCUT2D eigenvalue weighted by molar-refractivity contribution is 5.69. The zero-order chi connectivity index (χ0) is 20.3. The highest BCUT2D eigenvalue weighted by Gasteiger charge is 2.37. The van der Waals surface area contributed by atoms with E-state index in [0.29, 0.717) is 24.4 Å². The van der Waals surface area contributed by atoms with Gasteiger partial charge in [0.25, 0.3) is 0 Å². The monoisotopic (exact) mass is 399 g/mol. The van der Waals surface area contributed by atoms with E-state index < -0.39 is 0 Å². The Kier molecular flexibility index (Phi) is 5.37. The number of halogens is 1. The van der Waals surface area contributed by atoms with Crippen molar-refractivity contribution in [1.82, 2.24) is 4.90 Å². The summed E-state index contributed by atoms with van der Waals surface area (Å²) in [5.41, 5.74) is 4.28. The lowest BCUT2D eigenvalue weighted by Crippen LogP contribution is -2.37. The van der Waals surface area contributed by atoms with E-state index >= 15 is 0 Å². The Bertz CT molecular complexity index is 1030. The molecule has 1 fully saturated rings. The summed E-state index contributed by atoms with van der Waals surface area (Å²) in [5, 5.41) is 0. The Labute approximate surface area is 177 Å². The number of nitrogens with zero attached hydrogens (tertiary/aromatic N) is 1. The van der Waals surface area contributed by atoms with Crippen molar-refractivity contribution in [3.63, 3.8) is 0 Å². The number of hydrogen-bond acceptors (Lipinski definition) is 2. The van der Waals surface area contributed by atoms with Crippen LogP contribution in [0.5, 0.6) is 5.75 Å². The third kappa shape index (κ3) is 4.03. The van der Waals surface area contributed by atoms with Crippen molar-refractivity contribution in [2.24, 2.45) is 0 Å². The van der Waals surface area contributed by atoms with Gasteiger partial charge < -0.3 is 4.74 Å².